The van der Waals surface area contributed by atoms with Gasteiger partial charge in [-0.05, 0) is 42.7 Å². The highest BCUT2D eigenvalue weighted by atomic mass is 16.5. The number of rotatable bonds is 12. The molecule has 0 saturated carbocycles. The van der Waals surface area contributed by atoms with E-state index in [9.17, 15) is 4.79 Å². The fourth-order valence-corrected chi connectivity index (χ4v) is 4.03. The molecule has 0 saturated heterocycles. The molecule has 1 amide bonds. The molecule has 0 radical (unpaired) electrons. The van der Waals surface area contributed by atoms with Gasteiger partial charge in [0.15, 0.2) is 11.5 Å². The van der Waals surface area contributed by atoms with Gasteiger partial charge in [-0.2, -0.15) is 0 Å². The number of carbonyl (C=O) groups is 1. The third-order valence-electron chi connectivity index (χ3n) is 5.69. The second-order valence-corrected chi connectivity index (χ2v) is 8.14. The first-order chi connectivity index (χ1) is 16.7. The van der Waals surface area contributed by atoms with Gasteiger partial charge in [0.1, 0.15) is 5.82 Å². The molecule has 0 spiro atoms. The van der Waals surface area contributed by atoms with Crippen molar-refractivity contribution in [2.45, 2.75) is 32.2 Å². The Balaban J connectivity index is 1.30. The Morgan fingerprint density at radius 1 is 0.912 bits per heavy atom. The largest absolute Gasteiger partial charge is 0.493 e. The third kappa shape index (κ3) is 6.16. The van der Waals surface area contributed by atoms with Crippen molar-refractivity contribution < 1.29 is 14.3 Å². The van der Waals surface area contributed by atoms with Crippen LogP contribution >= 0.6 is 0 Å². The zero-order chi connectivity index (χ0) is 23.6. The van der Waals surface area contributed by atoms with Crippen molar-refractivity contribution in [2.24, 2.45) is 0 Å². The maximum absolute atomic E-state index is 12.2. The second kappa shape index (κ2) is 11.9. The summed E-state index contributed by atoms with van der Waals surface area (Å²) < 4.78 is 13.6. The van der Waals surface area contributed by atoms with Crippen LogP contribution in [0.15, 0.2) is 78.9 Å². The number of methoxy groups -OCH3 is 1. The molecular weight excluding hydrogens is 426 g/mol. The molecule has 1 heterocycles. The SMILES string of the molecule is COc1ccccc1OCCCn1c(CCCNC(=O)Cc2ccccc2)nc2ccccc21. The molecule has 4 aromatic rings. The van der Waals surface area contributed by atoms with Crippen molar-refractivity contribution in [2.75, 3.05) is 20.3 Å². The fourth-order valence-electron chi connectivity index (χ4n) is 4.03. The van der Waals surface area contributed by atoms with Gasteiger partial charge in [0.05, 0.1) is 31.2 Å². The Kier molecular flexibility index (Phi) is 8.17. The predicted molar refractivity (Wildman–Crippen MR) is 134 cm³/mol. The Hall–Kier alpha value is -3.80. The Bertz CT molecular complexity index is 1200. The molecule has 0 aliphatic carbocycles. The first-order valence-corrected chi connectivity index (χ1v) is 11.7. The second-order valence-electron chi connectivity index (χ2n) is 8.14. The molecule has 0 unspecified atom stereocenters. The number of aryl methyl sites for hydroxylation is 2. The summed E-state index contributed by atoms with van der Waals surface area (Å²) in [6.07, 6.45) is 2.89. The molecule has 0 fully saturated rings. The molecule has 6 heteroatoms. The average molecular weight is 458 g/mol. The van der Waals surface area contributed by atoms with Crippen LogP contribution in [0.3, 0.4) is 0 Å². The lowest BCUT2D eigenvalue weighted by Crippen LogP contribution is -2.26. The molecule has 0 bridgehead atoms. The van der Waals surface area contributed by atoms with Crippen molar-refractivity contribution in [3.8, 4) is 11.5 Å². The highest BCUT2D eigenvalue weighted by Gasteiger charge is 2.11. The van der Waals surface area contributed by atoms with Gasteiger partial charge in [0, 0.05) is 19.5 Å². The molecule has 6 nitrogen and oxygen atoms in total. The minimum atomic E-state index is 0.0493. The molecular formula is C28H31N3O3. The van der Waals surface area contributed by atoms with Crippen LogP contribution in [-0.4, -0.2) is 35.7 Å². The first kappa shape index (κ1) is 23.4. The monoisotopic (exact) mass is 457 g/mol. The topological polar surface area (TPSA) is 65.4 Å². The van der Waals surface area contributed by atoms with E-state index in [4.69, 9.17) is 14.5 Å². The lowest BCUT2D eigenvalue weighted by Gasteiger charge is -2.12. The van der Waals surface area contributed by atoms with E-state index in [2.05, 4.69) is 16.0 Å². The van der Waals surface area contributed by atoms with E-state index in [1.165, 1.54) is 0 Å². The highest BCUT2D eigenvalue weighted by Crippen LogP contribution is 2.26. The van der Waals surface area contributed by atoms with E-state index in [0.717, 1.165) is 59.7 Å². The van der Waals surface area contributed by atoms with Gasteiger partial charge >= 0.3 is 0 Å². The van der Waals surface area contributed by atoms with Crippen LogP contribution in [0.2, 0.25) is 0 Å². The third-order valence-corrected chi connectivity index (χ3v) is 5.69. The van der Waals surface area contributed by atoms with Crippen LogP contribution in [0.5, 0.6) is 11.5 Å². The summed E-state index contributed by atoms with van der Waals surface area (Å²) >= 11 is 0. The lowest BCUT2D eigenvalue weighted by atomic mass is 10.1. The number of ether oxygens (including phenoxy) is 2. The summed E-state index contributed by atoms with van der Waals surface area (Å²) in [6, 6.07) is 25.7. The van der Waals surface area contributed by atoms with Crippen molar-refractivity contribution in [1.29, 1.82) is 0 Å². The summed E-state index contributed by atoms with van der Waals surface area (Å²) in [6.45, 7) is 2.03. The number of hydrogen-bond donors (Lipinski definition) is 1. The van der Waals surface area contributed by atoms with Gasteiger partial charge in [-0.15, -0.1) is 0 Å². The van der Waals surface area contributed by atoms with Crippen LogP contribution in [0.1, 0.15) is 24.2 Å². The summed E-state index contributed by atoms with van der Waals surface area (Å²) in [5.74, 6) is 2.58. The first-order valence-electron chi connectivity index (χ1n) is 11.7. The summed E-state index contributed by atoms with van der Waals surface area (Å²) in [5.41, 5.74) is 3.15. The summed E-state index contributed by atoms with van der Waals surface area (Å²) in [5, 5.41) is 3.03. The van der Waals surface area contributed by atoms with E-state index < -0.39 is 0 Å². The molecule has 0 aliphatic heterocycles. The van der Waals surface area contributed by atoms with Crippen LogP contribution in [-0.2, 0) is 24.2 Å². The number of hydrogen-bond acceptors (Lipinski definition) is 4. The number of benzene rings is 3. The van der Waals surface area contributed by atoms with E-state index in [1.807, 2.05) is 72.8 Å². The highest BCUT2D eigenvalue weighted by molar-refractivity contribution is 5.78. The Labute approximate surface area is 200 Å². The van der Waals surface area contributed by atoms with Gasteiger partial charge in [-0.25, -0.2) is 4.98 Å². The van der Waals surface area contributed by atoms with Gasteiger partial charge < -0.3 is 19.4 Å². The zero-order valence-corrected chi connectivity index (χ0v) is 19.6. The predicted octanol–water partition coefficient (Wildman–Crippen LogP) is 4.81. The smallest absolute Gasteiger partial charge is 0.224 e. The normalized spacial score (nSPS) is 10.9. The average Bonchev–Trinajstić information content (AvgIpc) is 3.22. The molecule has 34 heavy (non-hydrogen) atoms. The number of amides is 1. The van der Waals surface area contributed by atoms with Crippen LogP contribution in [0.25, 0.3) is 11.0 Å². The van der Waals surface area contributed by atoms with Crippen molar-refractivity contribution >= 4 is 16.9 Å². The Morgan fingerprint density at radius 3 is 2.47 bits per heavy atom. The standard InChI is InChI=1S/C28H31N3O3/c1-33-25-15-7-8-16-26(25)34-20-10-19-31-24-14-6-5-13-23(24)30-27(31)17-9-18-29-28(32)21-22-11-3-2-4-12-22/h2-8,11-16H,9-10,17-21H2,1H3,(H,29,32). The minimum Gasteiger partial charge on any atom is -0.493 e. The number of aromatic nitrogens is 2. The van der Waals surface area contributed by atoms with Gasteiger partial charge in [0.2, 0.25) is 5.91 Å². The summed E-state index contributed by atoms with van der Waals surface area (Å²) in [7, 11) is 1.65. The van der Waals surface area contributed by atoms with E-state index in [-0.39, 0.29) is 5.91 Å². The fraction of sp³-hybridized carbons (Fsp3) is 0.286. The van der Waals surface area contributed by atoms with Gasteiger partial charge in [-0.1, -0.05) is 54.6 Å². The number of carbonyl (C=O) groups excluding carboxylic acids is 1. The van der Waals surface area contributed by atoms with Crippen LogP contribution in [0.4, 0.5) is 0 Å². The molecule has 3 aromatic carbocycles. The maximum Gasteiger partial charge on any atom is 0.224 e. The molecule has 4 rings (SSSR count). The number of imidazole rings is 1. The van der Waals surface area contributed by atoms with Crippen LogP contribution in [0, 0.1) is 0 Å². The van der Waals surface area contributed by atoms with E-state index in [1.54, 1.807) is 7.11 Å². The van der Waals surface area contributed by atoms with Crippen molar-refractivity contribution in [1.82, 2.24) is 14.9 Å². The van der Waals surface area contributed by atoms with E-state index >= 15 is 0 Å². The lowest BCUT2D eigenvalue weighted by molar-refractivity contribution is -0.120. The number of fused-ring (bicyclic) bond motifs is 1. The minimum absolute atomic E-state index is 0.0493. The maximum atomic E-state index is 12.2. The number of nitrogens with zero attached hydrogens (tertiary/aromatic N) is 2. The molecule has 1 aromatic heterocycles. The number of nitrogens with one attached hydrogen (secondary N) is 1. The van der Waals surface area contributed by atoms with Crippen molar-refractivity contribution in [3.63, 3.8) is 0 Å². The zero-order valence-electron chi connectivity index (χ0n) is 19.6. The Morgan fingerprint density at radius 2 is 1.65 bits per heavy atom. The summed E-state index contributed by atoms with van der Waals surface area (Å²) in [4.78, 5) is 17.1. The van der Waals surface area contributed by atoms with Crippen molar-refractivity contribution in [3.05, 3.63) is 90.3 Å². The van der Waals surface area contributed by atoms with Gasteiger partial charge in [0.25, 0.3) is 0 Å². The van der Waals surface area contributed by atoms with Gasteiger partial charge in [-0.3, -0.25) is 4.79 Å². The quantitative estimate of drug-likeness (QED) is 0.310. The molecule has 0 atom stereocenters. The molecule has 1 N–H and O–H groups in total. The molecule has 176 valence electrons. The van der Waals surface area contributed by atoms with E-state index in [0.29, 0.717) is 19.6 Å². The number of para-hydroxylation sites is 4. The molecule has 0 aliphatic rings. The van der Waals surface area contributed by atoms with Crippen LogP contribution < -0.4 is 14.8 Å².